The summed E-state index contributed by atoms with van der Waals surface area (Å²) in [7, 11) is 0. The second kappa shape index (κ2) is 6.22. The van der Waals surface area contributed by atoms with Gasteiger partial charge in [0.05, 0.1) is 23.2 Å². The Morgan fingerprint density at radius 3 is 2.36 bits per heavy atom. The lowest BCUT2D eigenvalue weighted by molar-refractivity contribution is -0.209. The Morgan fingerprint density at radius 2 is 1.88 bits per heavy atom. The fraction of sp³-hybridized carbons (Fsp3) is 0.467. The average Bonchev–Trinajstić information content (AvgIpc) is 2.85. The molecule has 1 saturated heterocycles. The van der Waals surface area contributed by atoms with Gasteiger partial charge in [-0.2, -0.15) is 31.6 Å². The van der Waals surface area contributed by atoms with E-state index in [0.717, 1.165) is 19.1 Å². The van der Waals surface area contributed by atoms with Crippen molar-refractivity contribution in [2.24, 2.45) is 0 Å². The molecule has 25 heavy (non-hydrogen) atoms. The molecule has 1 aliphatic heterocycles. The third-order valence-corrected chi connectivity index (χ3v) is 4.05. The molecule has 1 aromatic carbocycles. The van der Waals surface area contributed by atoms with Crippen molar-refractivity contribution in [2.45, 2.75) is 44.3 Å². The summed E-state index contributed by atoms with van der Waals surface area (Å²) in [5.74, 6) is -0.825. The van der Waals surface area contributed by atoms with Crippen LogP contribution >= 0.6 is 0 Å². The number of carbonyl (C=O) groups excluding carboxylic acids is 1. The van der Waals surface area contributed by atoms with E-state index in [9.17, 15) is 36.2 Å². The van der Waals surface area contributed by atoms with E-state index in [2.05, 4.69) is 0 Å². The highest BCUT2D eigenvalue weighted by Crippen LogP contribution is 2.41. The Kier molecular flexibility index (Phi) is 4.74. The Labute approximate surface area is 138 Å². The van der Waals surface area contributed by atoms with Crippen molar-refractivity contribution in [1.29, 1.82) is 5.26 Å². The van der Waals surface area contributed by atoms with Gasteiger partial charge in [0.25, 0.3) is 0 Å². The van der Waals surface area contributed by atoms with Crippen LogP contribution in [-0.4, -0.2) is 29.3 Å². The van der Waals surface area contributed by atoms with Crippen LogP contribution in [0.25, 0.3) is 0 Å². The number of anilines is 1. The van der Waals surface area contributed by atoms with Gasteiger partial charge in [-0.1, -0.05) is 0 Å². The van der Waals surface area contributed by atoms with E-state index in [1.165, 1.54) is 6.07 Å². The zero-order valence-corrected chi connectivity index (χ0v) is 12.7. The number of amides is 1. The maximum atomic E-state index is 13.2. The first-order valence-electron chi connectivity index (χ1n) is 7.07. The molecule has 10 heteroatoms. The molecule has 4 nitrogen and oxygen atoms in total. The molecule has 1 heterocycles. The molecule has 0 radical (unpaired) electrons. The van der Waals surface area contributed by atoms with Crippen molar-refractivity contribution >= 4 is 11.6 Å². The van der Waals surface area contributed by atoms with E-state index in [0.29, 0.717) is 4.90 Å². The number of hydrogen-bond acceptors (Lipinski definition) is 3. The topological polar surface area (TPSA) is 64.3 Å². The van der Waals surface area contributed by atoms with Gasteiger partial charge in [-0.3, -0.25) is 4.79 Å². The maximum Gasteiger partial charge on any atom is 0.418 e. The lowest BCUT2D eigenvalue weighted by Gasteiger charge is -2.31. The molecule has 2 atom stereocenters. The molecule has 0 bridgehead atoms. The number of aliphatic hydroxyl groups excluding tert-OH is 1. The van der Waals surface area contributed by atoms with Crippen molar-refractivity contribution < 1.29 is 36.2 Å². The Hall–Kier alpha value is -2.28. The van der Waals surface area contributed by atoms with E-state index in [1.54, 1.807) is 0 Å². The number of carbonyl (C=O) groups is 1. The smallest absolute Gasteiger partial charge is 0.382 e. The third kappa shape index (κ3) is 3.42. The Morgan fingerprint density at radius 1 is 1.28 bits per heavy atom. The molecule has 1 aliphatic rings. The summed E-state index contributed by atoms with van der Waals surface area (Å²) in [6.07, 6.45) is -13.5. The predicted octanol–water partition coefficient (Wildman–Crippen LogP) is 3.30. The van der Waals surface area contributed by atoms with Crippen LogP contribution in [0.2, 0.25) is 0 Å². The average molecular weight is 366 g/mol. The van der Waals surface area contributed by atoms with E-state index in [1.807, 2.05) is 0 Å². The predicted molar refractivity (Wildman–Crippen MR) is 73.5 cm³/mol. The number of rotatable bonds is 2. The maximum absolute atomic E-state index is 13.2. The molecule has 136 valence electrons. The number of halogens is 6. The summed E-state index contributed by atoms with van der Waals surface area (Å²) in [6, 6.07) is 1.44. The van der Waals surface area contributed by atoms with Crippen LogP contribution < -0.4 is 4.90 Å². The molecule has 1 fully saturated rings. The van der Waals surface area contributed by atoms with Crippen LogP contribution in [0.15, 0.2) is 12.1 Å². The second-order valence-corrected chi connectivity index (χ2v) is 5.60. The number of benzene rings is 1. The van der Waals surface area contributed by atoms with Crippen LogP contribution in [0.4, 0.5) is 32.0 Å². The van der Waals surface area contributed by atoms with Crippen LogP contribution in [0.5, 0.6) is 0 Å². The summed E-state index contributed by atoms with van der Waals surface area (Å²) >= 11 is 0. The van der Waals surface area contributed by atoms with Gasteiger partial charge in [0.1, 0.15) is 0 Å². The first-order chi connectivity index (χ1) is 11.4. The standard InChI is InChI=1S/C15H12F6N2O2/c1-7-9(3-2-8(6-22)12(7)14(16,17)18)23-10(4-5-11(23)24)13(25)15(19,20)21/h2-3,10,13,25H,4-5H2,1H3/t10-,13+/m0/s1. The van der Waals surface area contributed by atoms with Crippen molar-refractivity contribution in [3.05, 3.63) is 28.8 Å². The van der Waals surface area contributed by atoms with E-state index < -0.39 is 52.8 Å². The van der Waals surface area contributed by atoms with Gasteiger partial charge >= 0.3 is 12.4 Å². The van der Waals surface area contributed by atoms with Crippen LogP contribution in [0, 0.1) is 18.3 Å². The van der Waals surface area contributed by atoms with E-state index in [-0.39, 0.29) is 12.8 Å². The van der Waals surface area contributed by atoms with Gasteiger partial charge in [-0.15, -0.1) is 0 Å². The molecule has 2 rings (SSSR count). The van der Waals surface area contributed by atoms with Gasteiger partial charge in [0, 0.05) is 12.1 Å². The van der Waals surface area contributed by atoms with Gasteiger partial charge in [-0.05, 0) is 31.0 Å². The summed E-state index contributed by atoms with van der Waals surface area (Å²) in [5.41, 5.74) is -2.95. The fourth-order valence-electron chi connectivity index (χ4n) is 2.96. The summed E-state index contributed by atoms with van der Waals surface area (Å²) in [4.78, 5) is 12.5. The number of alkyl halides is 6. The van der Waals surface area contributed by atoms with Crippen LogP contribution in [0.3, 0.4) is 0 Å². The molecule has 0 unspecified atom stereocenters. The zero-order chi connectivity index (χ0) is 19.2. The first kappa shape index (κ1) is 19.1. The minimum absolute atomic E-state index is 0.335. The number of hydrogen-bond donors (Lipinski definition) is 1. The van der Waals surface area contributed by atoms with Gasteiger partial charge in [-0.25, -0.2) is 0 Å². The van der Waals surface area contributed by atoms with Gasteiger partial charge in [0.15, 0.2) is 6.10 Å². The molecular weight excluding hydrogens is 354 g/mol. The zero-order valence-electron chi connectivity index (χ0n) is 12.7. The highest BCUT2D eigenvalue weighted by molar-refractivity contribution is 5.97. The number of aliphatic hydroxyl groups is 1. The molecule has 0 saturated carbocycles. The molecule has 0 aromatic heterocycles. The summed E-state index contributed by atoms with van der Waals surface area (Å²) < 4.78 is 78.0. The van der Waals surface area contributed by atoms with E-state index in [4.69, 9.17) is 5.26 Å². The van der Waals surface area contributed by atoms with Crippen molar-refractivity contribution in [3.8, 4) is 6.07 Å². The minimum atomic E-state index is -5.03. The monoisotopic (exact) mass is 366 g/mol. The third-order valence-electron chi connectivity index (χ3n) is 4.05. The normalized spacial score (nSPS) is 19.9. The van der Waals surface area contributed by atoms with Crippen molar-refractivity contribution in [2.75, 3.05) is 4.90 Å². The molecule has 1 N–H and O–H groups in total. The molecule has 0 aliphatic carbocycles. The Balaban J connectivity index is 2.60. The molecule has 1 amide bonds. The van der Waals surface area contributed by atoms with E-state index >= 15 is 0 Å². The van der Waals surface area contributed by atoms with Crippen molar-refractivity contribution in [3.63, 3.8) is 0 Å². The van der Waals surface area contributed by atoms with Gasteiger partial charge < -0.3 is 10.0 Å². The SMILES string of the molecule is Cc1c(N2C(=O)CC[C@H]2[C@@H](O)C(F)(F)F)ccc(C#N)c1C(F)(F)F. The Bertz CT molecular complexity index is 735. The lowest BCUT2D eigenvalue weighted by Crippen LogP contribution is -2.48. The summed E-state index contributed by atoms with van der Waals surface area (Å²) in [5, 5.41) is 18.3. The first-order valence-corrected chi connectivity index (χ1v) is 7.07. The second-order valence-electron chi connectivity index (χ2n) is 5.60. The minimum Gasteiger partial charge on any atom is -0.382 e. The fourth-order valence-corrected chi connectivity index (χ4v) is 2.96. The largest absolute Gasteiger partial charge is 0.418 e. The molecular formula is C15H12F6N2O2. The summed E-state index contributed by atoms with van der Waals surface area (Å²) in [6.45, 7) is 0.974. The lowest BCUT2D eigenvalue weighted by atomic mass is 9.98. The van der Waals surface area contributed by atoms with Crippen molar-refractivity contribution in [1.82, 2.24) is 0 Å². The molecule has 0 spiro atoms. The highest BCUT2D eigenvalue weighted by atomic mass is 19.4. The van der Waals surface area contributed by atoms with Crippen LogP contribution in [0.1, 0.15) is 29.5 Å². The van der Waals surface area contributed by atoms with Gasteiger partial charge in [0.2, 0.25) is 5.91 Å². The highest BCUT2D eigenvalue weighted by Gasteiger charge is 2.50. The molecule has 1 aromatic rings. The number of nitriles is 1. The van der Waals surface area contributed by atoms with Crippen LogP contribution in [-0.2, 0) is 11.0 Å². The number of nitrogens with zero attached hydrogens (tertiary/aromatic N) is 2. The quantitative estimate of drug-likeness (QED) is 0.817.